The molecule has 1 atom stereocenters. The number of nitrogens with two attached hydrogens (primary N) is 1. The molecule has 0 saturated heterocycles. The van der Waals surface area contributed by atoms with E-state index in [2.05, 4.69) is 15.0 Å². The fourth-order valence-electron chi connectivity index (χ4n) is 1.37. The SMILES string of the molecule is CCCNC(=O)C(C)NS(=O)(=O)c1cnccc1N. The number of nitrogens with one attached hydrogen (secondary N) is 2. The first-order valence-corrected chi connectivity index (χ1v) is 7.36. The maximum absolute atomic E-state index is 12.0. The number of rotatable bonds is 6. The second-order valence-electron chi connectivity index (χ2n) is 4.05. The van der Waals surface area contributed by atoms with Gasteiger partial charge in [-0.1, -0.05) is 6.92 Å². The van der Waals surface area contributed by atoms with Crippen molar-refractivity contribution in [3.63, 3.8) is 0 Å². The van der Waals surface area contributed by atoms with Crippen molar-refractivity contribution in [1.29, 1.82) is 0 Å². The molecular weight excluding hydrogens is 268 g/mol. The van der Waals surface area contributed by atoms with Crippen LogP contribution in [0.4, 0.5) is 5.69 Å². The predicted octanol–water partition coefficient (Wildman–Crippen LogP) is -0.143. The highest BCUT2D eigenvalue weighted by atomic mass is 32.2. The van der Waals surface area contributed by atoms with Crippen LogP contribution in [0.15, 0.2) is 23.4 Å². The Balaban J connectivity index is 2.81. The van der Waals surface area contributed by atoms with Gasteiger partial charge in [-0.3, -0.25) is 9.78 Å². The van der Waals surface area contributed by atoms with Gasteiger partial charge in [0.1, 0.15) is 4.90 Å². The lowest BCUT2D eigenvalue weighted by Gasteiger charge is -2.14. The number of hydrogen-bond acceptors (Lipinski definition) is 5. The first-order chi connectivity index (χ1) is 8.88. The molecule has 8 heteroatoms. The number of pyridine rings is 1. The number of nitrogen functional groups attached to an aromatic ring is 1. The van der Waals surface area contributed by atoms with E-state index < -0.39 is 16.1 Å². The number of hydrogen-bond donors (Lipinski definition) is 3. The molecule has 0 aliphatic carbocycles. The van der Waals surface area contributed by atoms with Crippen molar-refractivity contribution in [3.8, 4) is 0 Å². The number of amides is 1. The van der Waals surface area contributed by atoms with E-state index in [1.165, 1.54) is 19.2 Å². The molecule has 1 heterocycles. The minimum Gasteiger partial charge on any atom is -0.398 e. The molecule has 1 unspecified atom stereocenters. The third-order valence-electron chi connectivity index (χ3n) is 2.38. The molecule has 7 nitrogen and oxygen atoms in total. The Bertz CT molecular complexity index is 545. The maximum atomic E-state index is 12.0. The monoisotopic (exact) mass is 286 g/mol. The lowest BCUT2D eigenvalue weighted by molar-refractivity contribution is -0.122. The van der Waals surface area contributed by atoms with E-state index in [-0.39, 0.29) is 16.5 Å². The number of anilines is 1. The van der Waals surface area contributed by atoms with Gasteiger partial charge in [0.15, 0.2) is 0 Å². The minimum atomic E-state index is -3.86. The standard InChI is InChI=1S/C11H18N4O3S/c1-3-5-14-11(16)8(2)15-19(17,18)10-7-13-6-4-9(10)12/h4,6-8,15H,3,5H2,1-2H3,(H2,12,13)(H,14,16). The number of sulfonamides is 1. The lowest BCUT2D eigenvalue weighted by Crippen LogP contribution is -2.45. The van der Waals surface area contributed by atoms with Gasteiger partial charge in [-0.25, -0.2) is 8.42 Å². The van der Waals surface area contributed by atoms with Crippen LogP contribution in [0.3, 0.4) is 0 Å². The first kappa shape index (κ1) is 15.4. The summed E-state index contributed by atoms with van der Waals surface area (Å²) in [6, 6.07) is 0.507. The van der Waals surface area contributed by atoms with Gasteiger partial charge in [0, 0.05) is 18.9 Å². The molecule has 1 amide bonds. The van der Waals surface area contributed by atoms with Gasteiger partial charge < -0.3 is 11.1 Å². The molecule has 4 N–H and O–H groups in total. The molecule has 0 radical (unpaired) electrons. The van der Waals surface area contributed by atoms with Crippen molar-refractivity contribution in [2.24, 2.45) is 0 Å². The Hall–Kier alpha value is -1.67. The van der Waals surface area contributed by atoms with Crippen molar-refractivity contribution in [2.45, 2.75) is 31.2 Å². The van der Waals surface area contributed by atoms with Crippen LogP contribution in [0.1, 0.15) is 20.3 Å². The Morgan fingerprint density at radius 1 is 1.53 bits per heavy atom. The van der Waals surface area contributed by atoms with E-state index in [9.17, 15) is 13.2 Å². The van der Waals surface area contributed by atoms with E-state index in [1.807, 2.05) is 6.92 Å². The van der Waals surface area contributed by atoms with Gasteiger partial charge in [0.2, 0.25) is 15.9 Å². The fourth-order valence-corrected chi connectivity index (χ4v) is 2.64. The van der Waals surface area contributed by atoms with Crippen molar-refractivity contribution < 1.29 is 13.2 Å². The maximum Gasteiger partial charge on any atom is 0.244 e. The van der Waals surface area contributed by atoms with Gasteiger partial charge in [0.05, 0.1) is 11.7 Å². The highest BCUT2D eigenvalue weighted by Crippen LogP contribution is 2.15. The Kier molecular flexibility index (Phi) is 5.25. The molecule has 1 aromatic heterocycles. The first-order valence-electron chi connectivity index (χ1n) is 5.88. The summed E-state index contributed by atoms with van der Waals surface area (Å²) in [4.78, 5) is 15.2. The van der Waals surface area contributed by atoms with Gasteiger partial charge in [-0.15, -0.1) is 0 Å². The molecule has 0 spiro atoms. The molecule has 0 saturated carbocycles. The number of nitrogens with zero attached hydrogens (tertiary/aromatic N) is 1. The number of carbonyl (C=O) groups is 1. The molecule has 1 aromatic rings. The highest BCUT2D eigenvalue weighted by Gasteiger charge is 2.23. The summed E-state index contributed by atoms with van der Waals surface area (Å²) in [7, 11) is -3.86. The molecule has 0 aliphatic heterocycles. The summed E-state index contributed by atoms with van der Waals surface area (Å²) in [6.07, 6.45) is 3.32. The average Bonchev–Trinajstić information content (AvgIpc) is 2.35. The van der Waals surface area contributed by atoms with Gasteiger partial charge in [-0.05, 0) is 19.4 Å². The molecule has 0 bridgehead atoms. The second kappa shape index (κ2) is 6.48. The normalized spacial score (nSPS) is 12.9. The van der Waals surface area contributed by atoms with Crippen molar-refractivity contribution in [1.82, 2.24) is 15.0 Å². The summed E-state index contributed by atoms with van der Waals surface area (Å²) < 4.78 is 26.3. The van der Waals surface area contributed by atoms with Crippen molar-refractivity contribution in [3.05, 3.63) is 18.5 Å². The molecule has 106 valence electrons. The lowest BCUT2D eigenvalue weighted by atomic mass is 10.3. The van der Waals surface area contributed by atoms with E-state index in [0.29, 0.717) is 6.54 Å². The smallest absolute Gasteiger partial charge is 0.244 e. The average molecular weight is 286 g/mol. The van der Waals surface area contributed by atoms with Gasteiger partial charge in [-0.2, -0.15) is 4.72 Å². The minimum absolute atomic E-state index is 0.0867. The quantitative estimate of drug-likeness (QED) is 0.673. The molecule has 0 aliphatic rings. The fraction of sp³-hybridized carbons (Fsp3) is 0.455. The van der Waals surface area contributed by atoms with Crippen LogP contribution < -0.4 is 15.8 Å². The van der Waals surface area contributed by atoms with Gasteiger partial charge >= 0.3 is 0 Å². The molecule has 19 heavy (non-hydrogen) atoms. The van der Waals surface area contributed by atoms with E-state index in [0.717, 1.165) is 12.6 Å². The second-order valence-corrected chi connectivity index (χ2v) is 5.73. The van der Waals surface area contributed by atoms with Crippen LogP contribution >= 0.6 is 0 Å². The van der Waals surface area contributed by atoms with Crippen LogP contribution in [0.5, 0.6) is 0 Å². The summed E-state index contributed by atoms with van der Waals surface area (Å²) in [5.74, 6) is -0.382. The largest absolute Gasteiger partial charge is 0.398 e. The van der Waals surface area contributed by atoms with Crippen LogP contribution in [0, 0.1) is 0 Å². The number of carbonyl (C=O) groups excluding carboxylic acids is 1. The zero-order valence-corrected chi connectivity index (χ0v) is 11.7. The summed E-state index contributed by atoms with van der Waals surface area (Å²) in [5, 5.41) is 2.61. The summed E-state index contributed by atoms with van der Waals surface area (Å²) in [6.45, 7) is 3.88. The van der Waals surface area contributed by atoms with E-state index >= 15 is 0 Å². The van der Waals surface area contributed by atoms with Gasteiger partial charge in [0.25, 0.3) is 0 Å². The predicted molar refractivity (Wildman–Crippen MR) is 71.7 cm³/mol. The molecule has 1 rings (SSSR count). The Morgan fingerprint density at radius 3 is 2.79 bits per heavy atom. The summed E-state index contributed by atoms with van der Waals surface area (Å²) in [5.41, 5.74) is 5.67. The number of aromatic nitrogens is 1. The molecular formula is C11H18N4O3S. The van der Waals surface area contributed by atoms with Crippen LogP contribution in [-0.4, -0.2) is 31.9 Å². The zero-order valence-electron chi connectivity index (χ0n) is 10.9. The molecule has 0 aromatic carbocycles. The van der Waals surface area contributed by atoms with E-state index in [4.69, 9.17) is 5.73 Å². The van der Waals surface area contributed by atoms with E-state index in [1.54, 1.807) is 0 Å². The Labute approximate surface area is 112 Å². The highest BCUT2D eigenvalue weighted by molar-refractivity contribution is 7.89. The van der Waals surface area contributed by atoms with Crippen LogP contribution in [0.2, 0.25) is 0 Å². The van der Waals surface area contributed by atoms with Crippen molar-refractivity contribution in [2.75, 3.05) is 12.3 Å². The van der Waals surface area contributed by atoms with Crippen LogP contribution in [-0.2, 0) is 14.8 Å². The Morgan fingerprint density at radius 2 is 2.21 bits per heavy atom. The summed E-state index contributed by atoms with van der Waals surface area (Å²) >= 11 is 0. The van der Waals surface area contributed by atoms with Crippen molar-refractivity contribution >= 4 is 21.6 Å². The third-order valence-corrected chi connectivity index (χ3v) is 3.96. The topological polar surface area (TPSA) is 114 Å². The third kappa shape index (κ3) is 4.18. The van der Waals surface area contributed by atoms with Crippen LogP contribution in [0.25, 0.3) is 0 Å². The molecule has 0 fully saturated rings. The zero-order chi connectivity index (χ0) is 14.5.